The van der Waals surface area contributed by atoms with Gasteiger partial charge in [0.15, 0.2) is 0 Å². The normalized spacial score (nSPS) is 11.1. The molecule has 0 saturated heterocycles. The standard InChI is InChI=1S/C23H32O8/c1-8-9-10-31-23(24,21-17(27-4)11-15(25-2)12-18(21)28-5)22-19(29-6)13-16(26-3)14-20(22)30-7/h11-14,24H,8-10H2,1-7H3. The minimum atomic E-state index is -2.03. The van der Waals surface area contributed by atoms with Crippen molar-refractivity contribution in [2.75, 3.05) is 49.3 Å². The van der Waals surface area contributed by atoms with Gasteiger partial charge in [0.1, 0.15) is 45.6 Å². The smallest absolute Gasteiger partial charge is 0.234 e. The molecular weight excluding hydrogens is 404 g/mol. The van der Waals surface area contributed by atoms with Gasteiger partial charge in [0, 0.05) is 24.3 Å². The first-order valence-corrected chi connectivity index (χ1v) is 9.91. The monoisotopic (exact) mass is 436 g/mol. The summed E-state index contributed by atoms with van der Waals surface area (Å²) in [6, 6.07) is 6.59. The third-order valence-electron chi connectivity index (χ3n) is 4.92. The Hall–Kier alpha value is -2.84. The molecule has 1 N–H and O–H groups in total. The van der Waals surface area contributed by atoms with E-state index in [1.54, 1.807) is 24.3 Å². The molecule has 0 aliphatic rings. The fraction of sp³-hybridized carbons (Fsp3) is 0.478. The number of aliphatic hydroxyl groups is 1. The quantitative estimate of drug-likeness (QED) is 0.398. The van der Waals surface area contributed by atoms with Crippen molar-refractivity contribution in [1.82, 2.24) is 0 Å². The second-order valence-electron chi connectivity index (χ2n) is 6.66. The second-order valence-corrected chi connectivity index (χ2v) is 6.66. The van der Waals surface area contributed by atoms with E-state index >= 15 is 0 Å². The third kappa shape index (κ3) is 4.91. The van der Waals surface area contributed by atoms with Crippen LogP contribution in [0, 0.1) is 0 Å². The maximum Gasteiger partial charge on any atom is 0.234 e. The molecule has 2 aromatic carbocycles. The summed E-state index contributed by atoms with van der Waals surface area (Å²) in [6.07, 6.45) is 1.60. The summed E-state index contributed by atoms with van der Waals surface area (Å²) in [6.45, 7) is 2.30. The molecule has 0 amide bonds. The topological polar surface area (TPSA) is 84.8 Å². The number of ether oxygens (including phenoxy) is 7. The van der Waals surface area contributed by atoms with Crippen LogP contribution in [-0.2, 0) is 10.5 Å². The first kappa shape index (κ1) is 24.4. The van der Waals surface area contributed by atoms with Gasteiger partial charge in [0.2, 0.25) is 5.79 Å². The second kappa shape index (κ2) is 11.0. The molecule has 31 heavy (non-hydrogen) atoms. The van der Waals surface area contributed by atoms with Crippen LogP contribution in [0.4, 0.5) is 0 Å². The largest absolute Gasteiger partial charge is 0.496 e. The molecule has 0 radical (unpaired) electrons. The summed E-state index contributed by atoms with van der Waals surface area (Å²) in [5.41, 5.74) is 0.521. The summed E-state index contributed by atoms with van der Waals surface area (Å²) in [4.78, 5) is 0. The molecule has 8 heteroatoms. The van der Waals surface area contributed by atoms with Crippen LogP contribution in [0.15, 0.2) is 24.3 Å². The maximum absolute atomic E-state index is 12.1. The van der Waals surface area contributed by atoms with Crippen LogP contribution in [-0.4, -0.2) is 54.4 Å². The molecule has 0 bridgehead atoms. The Kier molecular flexibility index (Phi) is 8.65. The van der Waals surface area contributed by atoms with Crippen LogP contribution in [0.25, 0.3) is 0 Å². The van der Waals surface area contributed by atoms with Gasteiger partial charge in [0.05, 0.1) is 49.3 Å². The molecule has 172 valence electrons. The van der Waals surface area contributed by atoms with E-state index < -0.39 is 5.79 Å². The lowest BCUT2D eigenvalue weighted by Crippen LogP contribution is -2.33. The average molecular weight is 437 g/mol. The first-order valence-electron chi connectivity index (χ1n) is 9.91. The van der Waals surface area contributed by atoms with Gasteiger partial charge in [-0.3, -0.25) is 0 Å². The number of hydrogen-bond acceptors (Lipinski definition) is 8. The highest BCUT2D eigenvalue weighted by atomic mass is 16.6. The van der Waals surface area contributed by atoms with E-state index in [-0.39, 0.29) is 17.7 Å². The molecule has 0 atom stereocenters. The third-order valence-corrected chi connectivity index (χ3v) is 4.92. The molecular formula is C23H32O8. The summed E-state index contributed by atoms with van der Waals surface area (Å²) < 4.78 is 39.2. The highest BCUT2D eigenvalue weighted by Crippen LogP contribution is 2.51. The Morgan fingerprint density at radius 1 is 0.645 bits per heavy atom. The van der Waals surface area contributed by atoms with Crippen molar-refractivity contribution in [2.24, 2.45) is 0 Å². The lowest BCUT2D eigenvalue weighted by Gasteiger charge is -2.34. The molecule has 2 rings (SSSR count). The van der Waals surface area contributed by atoms with Crippen molar-refractivity contribution in [3.63, 3.8) is 0 Å². The van der Waals surface area contributed by atoms with Gasteiger partial charge in [-0.2, -0.15) is 0 Å². The van der Waals surface area contributed by atoms with E-state index in [4.69, 9.17) is 33.2 Å². The number of rotatable bonds is 12. The SMILES string of the molecule is CCCCOC(O)(c1c(OC)cc(OC)cc1OC)c1c(OC)cc(OC)cc1OC. The Labute approximate surface area is 183 Å². The number of benzene rings is 2. The Bertz CT molecular complexity index is 751. The van der Waals surface area contributed by atoms with Gasteiger partial charge in [-0.25, -0.2) is 0 Å². The predicted molar refractivity (Wildman–Crippen MR) is 116 cm³/mol. The van der Waals surface area contributed by atoms with Crippen molar-refractivity contribution in [3.8, 4) is 34.5 Å². The zero-order chi connectivity index (χ0) is 23.0. The maximum atomic E-state index is 12.1. The van der Waals surface area contributed by atoms with Crippen LogP contribution in [0.5, 0.6) is 34.5 Å². The molecule has 0 saturated carbocycles. The van der Waals surface area contributed by atoms with Gasteiger partial charge >= 0.3 is 0 Å². The van der Waals surface area contributed by atoms with E-state index in [0.29, 0.717) is 34.5 Å². The Balaban J connectivity index is 2.90. The van der Waals surface area contributed by atoms with Crippen LogP contribution in [0.2, 0.25) is 0 Å². The van der Waals surface area contributed by atoms with Crippen molar-refractivity contribution in [3.05, 3.63) is 35.4 Å². The summed E-state index contributed by atoms with van der Waals surface area (Å²) in [5.74, 6) is 0.237. The molecule has 2 aromatic rings. The van der Waals surface area contributed by atoms with Crippen LogP contribution >= 0.6 is 0 Å². The molecule has 0 fully saturated rings. The van der Waals surface area contributed by atoms with Gasteiger partial charge in [-0.1, -0.05) is 13.3 Å². The summed E-state index contributed by atoms with van der Waals surface area (Å²) in [5, 5.41) is 12.1. The number of methoxy groups -OCH3 is 6. The predicted octanol–water partition coefficient (Wildman–Crippen LogP) is 3.75. The van der Waals surface area contributed by atoms with E-state index in [1.165, 1.54) is 42.7 Å². The summed E-state index contributed by atoms with van der Waals surface area (Å²) >= 11 is 0. The average Bonchev–Trinajstić information content (AvgIpc) is 2.81. The van der Waals surface area contributed by atoms with Crippen molar-refractivity contribution < 1.29 is 38.3 Å². The summed E-state index contributed by atoms with van der Waals surface area (Å²) in [7, 11) is 9.04. The van der Waals surface area contributed by atoms with E-state index in [1.807, 2.05) is 6.92 Å². The molecule has 0 heterocycles. The van der Waals surface area contributed by atoms with Crippen LogP contribution in [0.1, 0.15) is 30.9 Å². The van der Waals surface area contributed by atoms with E-state index in [0.717, 1.165) is 12.8 Å². The highest BCUT2D eigenvalue weighted by molar-refractivity contribution is 5.62. The molecule has 0 aliphatic carbocycles. The highest BCUT2D eigenvalue weighted by Gasteiger charge is 2.44. The first-order chi connectivity index (χ1) is 14.9. The van der Waals surface area contributed by atoms with E-state index in [9.17, 15) is 5.11 Å². The zero-order valence-corrected chi connectivity index (χ0v) is 19.2. The Morgan fingerprint density at radius 3 is 1.26 bits per heavy atom. The van der Waals surface area contributed by atoms with Crippen LogP contribution in [0.3, 0.4) is 0 Å². The molecule has 8 nitrogen and oxygen atoms in total. The van der Waals surface area contributed by atoms with Crippen LogP contribution < -0.4 is 28.4 Å². The van der Waals surface area contributed by atoms with E-state index in [2.05, 4.69) is 0 Å². The minimum absolute atomic E-state index is 0.260. The zero-order valence-electron chi connectivity index (χ0n) is 19.2. The number of unbranched alkanes of at least 4 members (excludes halogenated alkanes) is 1. The molecule has 0 spiro atoms. The lowest BCUT2D eigenvalue weighted by atomic mass is 9.93. The number of hydrogen-bond donors (Lipinski definition) is 1. The van der Waals surface area contributed by atoms with Gasteiger partial charge in [0.25, 0.3) is 0 Å². The van der Waals surface area contributed by atoms with Crippen molar-refractivity contribution in [2.45, 2.75) is 25.6 Å². The molecule has 0 aromatic heterocycles. The van der Waals surface area contributed by atoms with Crippen molar-refractivity contribution >= 4 is 0 Å². The van der Waals surface area contributed by atoms with Gasteiger partial charge < -0.3 is 38.3 Å². The fourth-order valence-electron chi connectivity index (χ4n) is 3.31. The molecule has 0 unspecified atom stereocenters. The lowest BCUT2D eigenvalue weighted by molar-refractivity contribution is -0.184. The molecule has 0 aliphatic heterocycles. The Morgan fingerprint density at radius 2 is 1.00 bits per heavy atom. The van der Waals surface area contributed by atoms with Crippen molar-refractivity contribution in [1.29, 1.82) is 0 Å². The fourth-order valence-corrected chi connectivity index (χ4v) is 3.31. The van der Waals surface area contributed by atoms with Gasteiger partial charge in [-0.05, 0) is 6.42 Å². The van der Waals surface area contributed by atoms with Gasteiger partial charge in [-0.15, -0.1) is 0 Å². The minimum Gasteiger partial charge on any atom is -0.496 e.